The van der Waals surface area contributed by atoms with Gasteiger partial charge in [-0.3, -0.25) is 19.2 Å². The van der Waals surface area contributed by atoms with E-state index >= 15 is 0 Å². The number of hydrogen-bond donors (Lipinski definition) is 0. The number of ether oxygens (including phenoxy) is 8. The summed E-state index contributed by atoms with van der Waals surface area (Å²) in [6, 6.07) is 33.5. The second kappa shape index (κ2) is 33.4. The van der Waals surface area contributed by atoms with E-state index in [1.165, 1.54) is 52.9 Å². The minimum atomic E-state index is -3.97. The topological polar surface area (TPSA) is 239 Å². The number of rotatable bonds is 32. The molecule has 0 aliphatic heterocycles. The summed E-state index contributed by atoms with van der Waals surface area (Å²) in [5, 5.41) is 6.21. The van der Waals surface area contributed by atoms with Crippen LogP contribution in [-0.2, 0) is 48.1 Å². The number of hydrazone groups is 1. The third-order valence-corrected chi connectivity index (χ3v) is 17.6. The fraction of sp³-hybridized carbons (Fsp3) is 0.373. The van der Waals surface area contributed by atoms with Crippen LogP contribution in [0.4, 0.5) is 5.13 Å². The summed E-state index contributed by atoms with van der Waals surface area (Å²) >= 11 is 1.24. The Balaban J connectivity index is 0.868. The zero-order chi connectivity index (χ0) is 62.1. The van der Waals surface area contributed by atoms with Gasteiger partial charge in [0.1, 0.15) is 34.5 Å². The summed E-state index contributed by atoms with van der Waals surface area (Å²) in [7, 11) is -3.97. The third-order valence-electron chi connectivity index (χ3n) is 15.0. The van der Waals surface area contributed by atoms with Crippen molar-refractivity contribution < 1.29 is 75.1 Å². The second-order valence-corrected chi connectivity index (χ2v) is 24.3. The molecule has 21 heteroatoms. The molecule has 19 nitrogen and oxygen atoms in total. The third kappa shape index (κ3) is 20.2. The van der Waals surface area contributed by atoms with Gasteiger partial charge in [-0.05, 0) is 194 Å². The van der Waals surface area contributed by atoms with Gasteiger partial charge in [0, 0.05) is 17.7 Å². The quantitative estimate of drug-likeness (QED) is 0.00952. The molecule has 0 unspecified atom stereocenters. The van der Waals surface area contributed by atoms with Crippen LogP contribution in [-0.4, -0.2) is 87.7 Å². The molecule has 0 atom stereocenters. The van der Waals surface area contributed by atoms with Gasteiger partial charge in [0.25, 0.3) is 0 Å². The molecule has 88 heavy (non-hydrogen) atoms. The Morgan fingerprint density at radius 1 is 0.511 bits per heavy atom. The van der Waals surface area contributed by atoms with E-state index in [4.69, 9.17) is 42.9 Å². The minimum Gasteiger partial charge on any atom is -0.494 e. The molecule has 464 valence electrons. The highest BCUT2D eigenvalue weighted by Gasteiger charge is 2.34. The number of anilines is 1. The monoisotopic (exact) mass is 1240 g/mol. The zero-order valence-corrected chi connectivity index (χ0v) is 50.7. The first-order valence-corrected chi connectivity index (χ1v) is 32.2. The molecule has 0 radical (unpaired) electrons. The largest absolute Gasteiger partial charge is 0.494 e. The lowest BCUT2D eigenvalue weighted by Gasteiger charge is -2.26. The summed E-state index contributed by atoms with van der Waals surface area (Å²) in [5.41, 5.74) is 0.832. The lowest BCUT2D eigenvalue weighted by Crippen LogP contribution is -2.30. The van der Waals surface area contributed by atoms with E-state index in [1.807, 2.05) is 24.3 Å². The molecule has 0 saturated heterocycles. The summed E-state index contributed by atoms with van der Waals surface area (Å²) in [6.07, 6.45) is 13.4. The molecule has 0 spiro atoms. The molecule has 1 aromatic heterocycles. The first-order chi connectivity index (χ1) is 42.7. The molecule has 2 aliphatic carbocycles. The first-order valence-electron chi connectivity index (χ1n) is 29.7. The van der Waals surface area contributed by atoms with Crippen molar-refractivity contribution in [3.63, 3.8) is 0 Å². The Morgan fingerprint density at radius 3 is 1.41 bits per heavy atom. The molecule has 2 aliphatic rings. The van der Waals surface area contributed by atoms with Crippen molar-refractivity contribution in [1.29, 1.82) is 0 Å². The van der Waals surface area contributed by atoms with Crippen molar-refractivity contribution in [3.05, 3.63) is 152 Å². The van der Waals surface area contributed by atoms with Gasteiger partial charge in [-0.2, -0.15) is 5.10 Å². The maximum Gasteiger partial charge on any atom is 0.330 e. The number of benzene rings is 5. The summed E-state index contributed by atoms with van der Waals surface area (Å²) in [6.45, 7) is 8.50. The Labute approximate surface area is 516 Å². The average Bonchev–Trinajstić information content (AvgIpc) is 2.50. The van der Waals surface area contributed by atoms with Crippen molar-refractivity contribution in [3.8, 4) is 34.5 Å². The van der Waals surface area contributed by atoms with Gasteiger partial charge in [-0.25, -0.2) is 28.0 Å². The zero-order valence-electron chi connectivity index (χ0n) is 49.0. The molecule has 8 rings (SSSR count). The number of hydrogen-bond acceptors (Lipinski definition) is 20. The van der Waals surface area contributed by atoms with Gasteiger partial charge in [0.15, 0.2) is 15.7 Å². The van der Waals surface area contributed by atoms with E-state index in [2.05, 4.69) is 18.3 Å². The van der Waals surface area contributed by atoms with Gasteiger partial charge in [-0.1, -0.05) is 54.8 Å². The number of thiazole rings is 1. The van der Waals surface area contributed by atoms with E-state index in [9.17, 15) is 37.2 Å². The number of carbonyl (C=O) groups is 6. The summed E-state index contributed by atoms with van der Waals surface area (Å²) in [5.74, 6) is -3.09. The fourth-order valence-corrected chi connectivity index (χ4v) is 12.2. The van der Waals surface area contributed by atoms with Crippen LogP contribution < -0.4 is 33.4 Å². The molecule has 6 aromatic rings. The molecule has 1 heterocycles. The summed E-state index contributed by atoms with van der Waals surface area (Å²) in [4.78, 5) is 81.6. The van der Waals surface area contributed by atoms with E-state index in [0.717, 1.165) is 68.2 Å². The highest BCUT2D eigenvalue weighted by molar-refractivity contribution is 7.91. The van der Waals surface area contributed by atoms with E-state index < -0.39 is 75.2 Å². The van der Waals surface area contributed by atoms with Crippen LogP contribution in [0.5, 0.6) is 34.5 Å². The maximum absolute atomic E-state index is 14.0. The molecule has 5 aromatic carbocycles. The Hall–Kier alpha value is -8.69. The molecular formula is C67H73N3O16S2. The van der Waals surface area contributed by atoms with Crippen LogP contribution in [0.25, 0.3) is 10.2 Å². The lowest BCUT2D eigenvalue weighted by molar-refractivity contribution is -0.145. The van der Waals surface area contributed by atoms with Gasteiger partial charge < -0.3 is 37.9 Å². The minimum absolute atomic E-state index is 0.0663. The molecule has 0 amide bonds. The Bertz CT molecular complexity index is 3430. The second-order valence-electron chi connectivity index (χ2n) is 21.4. The molecule has 0 N–H and O–H groups in total. The lowest BCUT2D eigenvalue weighted by atomic mass is 9.82. The van der Waals surface area contributed by atoms with E-state index in [0.29, 0.717) is 106 Å². The SMILES string of the molecule is C=CC(=O)OCCCCCCOc1ccc(OC(=O)C2CCC(C(=O)Oc3ccc(OC(=O)[C@H]4CC[C@H](C(=O)Oc5ccc(OCCCCCCOC(=O)C=C)cc5)CC4)cc3/C=N/N(CS(=O)(=O)c3ccccc3)c3nc4ccccc4s3)CC2)cc1. The number of esters is 6. The number of carbonyl (C=O) groups excluding carboxylic acids is 6. The number of nitrogens with zero attached hydrogens (tertiary/aromatic N) is 3. The number of para-hydroxylation sites is 1. The molecular weight excluding hydrogens is 1170 g/mol. The van der Waals surface area contributed by atoms with E-state index in [1.54, 1.807) is 66.7 Å². The predicted octanol–water partition coefficient (Wildman–Crippen LogP) is 12.5. The predicted molar refractivity (Wildman–Crippen MR) is 331 cm³/mol. The molecule has 2 saturated carbocycles. The van der Waals surface area contributed by atoms with E-state index in [-0.39, 0.29) is 27.1 Å². The summed E-state index contributed by atoms with van der Waals surface area (Å²) < 4.78 is 73.8. The standard InChI is InChI=1S/C67H73N3O16S2/c1-3-61(71)81-42-16-7-5-14-40-79-52-30-34-54(35-31-52)83-63(73)47-22-24-49(25-23-47)65(75)85-56-38-39-59(51(44-56)45-68-70(46-88(77,78)57-18-10-9-11-19-57)67-69-58-20-12-13-21-60(58)87-67)86-66(76)50-28-26-48(27-29-50)64(74)84-55-36-32-53(33-37-55)80-41-15-6-8-17-43-82-62(72)4-2/h3-4,9-13,18-21,30-39,44-45,47-50H,1-2,5-8,14-17,22-29,40-43,46H2/b68-45+/t47-,48?,49-,50?. The van der Waals surface area contributed by atoms with Gasteiger partial charge in [0.2, 0.25) is 5.13 Å². The fourth-order valence-electron chi connectivity index (χ4n) is 9.97. The van der Waals surface area contributed by atoms with Crippen molar-refractivity contribution in [2.24, 2.45) is 28.8 Å². The van der Waals surface area contributed by atoms with Crippen LogP contribution in [0.2, 0.25) is 0 Å². The van der Waals surface area contributed by atoms with Crippen molar-refractivity contribution in [2.45, 2.75) is 108 Å². The van der Waals surface area contributed by atoms with Crippen LogP contribution in [0.1, 0.15) is 108 Å². The highest BCUT2D eigenvalue weighted by Crippen LogP contribution is 2.36. The van der Waals surface area contributed by atoms with Crippen molar-refractivity contribution in [1.82, 2.24) is 4.98 Å². The number of fused-ring (bicyclic) bond motifs is 1. The van der Waals surface area contributed by atoms with Crippen LogP contribution in [0.3, 0.4) is 0 Å². The van der Waals surface area contributed by atoms with Gasteiger partial charge in [0.05, 0.1) is 71.4 Å². The van der Waals surface area contributed by atoms with Crippen molar-refractivity contribution in [2.75, 3.05) is 37.3 Å². The van der Waals surface area contributed by atoms with Crippen LogP contribution >= 0.6 is 11.3 Å². The number of aromatic nitrogens is 1. The average molecular weight is 1240 g/mol. The first kappa shape index (κ1) is 65.3. The number of sulfone groups is 1. The Morgan fingerprint density at radius 2 is 0.932 bits per heavy atom. The van der Waals surface area contributed by atoms with Gasteiger partial charge in [-0.15, -0.1) is 0 Å². The maximum atomic E-state index is 14.0. The van der Waals surface area contributed by atoms with Gasteiger partial charge >= 0.3 is 35.8 Å². The van der Waals surface area contributed by atoms with Crippen LogP contribution in [0.15, 0.2) is 157 Å². The van der Waals surface area contributed by atoms with Crippen molar-refractivity contribution >= 4 is 78.6 Å². The van der Waals surface area contributed by atoms with Crippen LogP contribution in [0, 0.1) is 23.7 Å². The smallest absolute Gasteiger partial charge is 0.330 e. The molecule has 2 fully saturated rings. The highest BCUT2D eigenvalue weighted by atomic mass is 32.2. The Kier molecular flexibility index (Phi) is 24.8. The molecule has 0 bridgehead atoms. The normalized spacial score (nSPS) is 16.6. The number of unbranched alkanes of at least 4 members (excludes halogenated alkanes) is 6.